The molecule has 6 nitrogen and oxygen atoms in total. The molecule has 0 atom stereocenters. The molecule has 2 N–H and O–H groups in total. The van der Waals surface area contributed by atoms with Crippen molar-refractivity contribution in [3.63, 3.8) is 0 Å². The number of rotatable bonds is 6. The van der Waals surface area contributed by atoms with Gasteiger partial charge in [0, 0.05) is 40.6 Å². The number of likely N-dealkylation sites (tertiary alicyclic amines) is 1. The number of pyridine rings is 1. The van der Waals surface area contributed by atoms with Gasteiger partial charge in [0.25, 0.3) is 0 Å². The van der Waals surface area contributed by atoms with Gasteiger partial charge in [-0.25, -0.2) is 13.8 Å². The molecule has 35 heavy (non-hydrogen) atoms. The van der Waals surface area contributed by atoms with Crippen LogP contribution in [0.1, 0.15) is 56.6 Å². The van der Waals surface area contributed by atoms with E-state index >= 15 is 0 Å². The van der Waals surface area contributed by atoms with Gasteiger partial charge in [-0.15, -0.1) is 0 Å². The van der Waals surface area contributed by atoms with Crippen molar-refractivity contribution in [3.8, 4) is 16.9 Å². The first kappa shape index (κ1) is 23.7. The summed E-state index contributed by atoms with van der Waals surface area (Å²) < 4.78 is 34.4. The third kappa shape index (κ3) is 4.89. The maximum absolute atomic E-state index is 15.0. The average molecular weight is 484 g/mol. The topological polar surface area (TPSA) is 78.5 Å². The van der Waals surface area contributed by atoms with E-state index in [0.29, 0.717) is 45.8 Å². The molecule has 0 radical (unpaired) electrons. The van der Waals surface area contributed by atoms with Gasteiger partial charge in [-0.05, 0) is 81.8 Å². The molecule has 8 heteroatoms. The fraction of sp³-hybridized carbons (Fsp3) is 0.481. The summed E-state index contributed by atoms with van der Waals surface area (Å²) in [6, 6.07) is 6.60. The Bertz CT molecular complexity index is 1210. The number of aliphatic carboxylic acids is 1. The Hall–Kier alpha value is -3.00. The molecule has 2 aliphatic rings. The van der Waals surface area contributed by atoms with Crippen LogP contribution in [0.4, 0.5) is 8.78 Å². The van der Waals surface area contributed by atoms with Crippen LogP contribution in [-0.4, -0.2) is 52.2 Å². The van der Waals surface area contributed by atoms with Gasteiger partial charge in [0.05, 0.1) is 13.3 Å². The zero-order chi connectivity index (χ0) is 24.5. The van der Waals surface area contributed by atoms with Gasteiger partial charge in [-0.3, -0.25) is 4.79 Å². The van der Waals surface area contributed by atoms with Crippen LogP contribution in [0.5, 0.6) is 5.75 Å². The van der Waals surface area contributed by atoms with E-state index in [1.807, 2.05) is 6.07 Å². The summed E-state index contributed by atoms with van der Waals surface area (Å²) >= 11 is 0. The number of carboxylic acid groups (broad SMARTS) is 1. The van der Waals surface area contributed by atoms with Crippen molar-refractivity contribution in [2.24, 2.45) is 5.92 Å². The number of nitrogens with zero attached hydrogens (tertiary/aromatic N) is 2. The summed E-state index contributed by atoms with van der Waals surface area (Å²) in [6.45, 7) is 1.97. The molecule has 2 aromatic heterocycles. The highest BCUT2D eigenvalue weighted by molar-refractivity contribution is 5.95. The van der Waals surface area contributed by atoms with E-state index in [1.54, 1.807) is 0 Å². The Kier molecular flexibility index (Phi) is 6.73. The van der Waals surface area contributed by atoms with Gasteiger partial charge in [0.1, 0.15) is 23.0 Å². The summed E-state index contributed by atoms with van der Waals surface area (Å²) in [5.74, 6) is -0.626. The third-order valence-electron chi connectivity index (χ3n) is 7.83. The molecule has 0 amide bonds. The molecule has 1 saturated carbocycles. The van der Waals surface area contributed by atoms with Gasteiger partial charge in [-0.2, -0.15) is 0 Å². The van der Waals surface area contributed by atoms with Crippen LogP contribution >= 0.6 is 0 Å². The molecule has 1 aliphatic carbocycles. The minimum Gasteiger partial charge on any atom is -0.496 e. The SMILES string of the molecule is COc1ccc(F)cc1-c1c(F)cnc2[nH]c(C3CCN([C@H]4CC[C@@H](CC(=O)O)CC4)CC3)cc12. The first-order chi connectivity index (χ1) is 16.9. The van der Waals surface area contributed by atoms with Crippen molar-refractivity contribution in [2.75, 3.05) is 20.2 Å². The molecule has 1 saturated heterocycles. The Morgan fingerprint density at radius 3 is 2.57 bits per heavy atom. The van der Waals surface area contributed by atoms with Gasteiger partial charge >= 0.3 is 5.97 Å². The van der Waals surface area contributed by atoms with Crippen LogP contribution in [-0.2, 0) is 4.79 Å². The average Bonchev–Trinajstić information content (AvgIpc) is 3.28. The van der Waals surface area contributed by atoms with Crippen LogP contribution in [0.3, 0.4) is 0 Å². The second kappa shape index (κ2) is 9.93. The summed E-state index contributed by atoms with van der Waals surface area (Å²) in [5, 5.41) is 9.67. The number of hydrogen-bond acceptors (Lipinski definition) is 4. The Balaban J connectivity index is 1.31. The number of carboxylic acids is 1. The van der Waals surface area contributed by atoms with Crippen molar-refractivity contribution in [3.05, 3.63) is 47.8 Å². The van der Waals surface area contributed by atoms with Crippen LogP contribution in [0, 0.1) is 17.6 Å². The number of hydrogen-bond donors (Lipinski definition) is 2. The molecule has 1 aromatic carbocycles. The normalized spacial score (nSPS) is 21.9. The predicted molar refractivity (Wildman–Crippen MR) is 130 cm³/mol. The lowest BCUT2D eigenvalue weighted by molar-refractivity contribution is -0.138. The number of nitrogens with one attached hydrogen (secondary N) is 1. The number of carbonyl (C=O) groups is 1. The molecule has 0 unspecified atom stereocenters. The zero-order valence-corrected chi connectivity index (χ0v) is 19.9. The quantitative estimate of drug-likeness (QED) is 0.468. The first-order valence-electron chi connectivity index (χ1n) is 12.4. The van der Waals surface area contributed by atoms with E-state index in [4.69, 9.17) is 9.84 Å². The summed E-state index contributed by atoms with van der Waals surface area (Å²) in [7, 11) is 1.49. The van der Waals surface area contributed by atoms with E-state index in [2.05, 4.69) is 14.9 Å². The van der Waals surface area contributed by atoms with Gasteiger partial charge in [0.2, 0.25) is 0 Å². The molecule has 5 rings (SSSR count). The summed E-state index contributed by atoms with van der Waals surface area (Å²) in [4.78, 5) is 21.2. The number of aromatic amines is 1. The van der Waals surface area contributed by atoms with Crippen molar-refractivity contribution in [2.45, 2.75) is 56.9 Å². The molecule has 2 fully saturated rings. The number of ether oxygens (including phenoxy) is 1. The fourth-order valence-corrected chi connectivity index (χ4v) is 5.98. The maximum atomic E-state index is 15.0. The molecule has 1 aliphatic heterocycles. The standard InChI is InChI=1S/C27H31F2N3O3/c1-35-24-7-4-18(28)13-20(24)26-21-14-23(31-27(21)30-15-22(26)29)17-8-10-32(11-9-17)19-5-2-16(3-6-19)12-25(33)34/h4,7,13-17,19H,2-3,5-6,8-12H2,1H3,(H,30,31)(H,33,34)/t16-,19+. The fourth-order valence-electron chi connectivity index (χ4n) is 5.98. The van der Waals surface area contributed by atoms with E-state index in [0.717, 1.165) is 57.3 Å². The van der Waals surface area contributed by atoms with Crippen LogP contribution in [0.25, 0.3) is 22.2 Å². The van der Waals surface area contributed by atoms with E-state index in [1.165, 1.54) is 31.5 Å². The smallest absolute Gasteiger partial charge is 0.303 e. The van der Waals surface area contributed by atoms with Gasteiger partial charge in [-0.1, -0.05) is 0 Å². The predicted octanol–water partition coefficient (Wildman–Crippen LogP) is 5.73. The van der Waals surface area contributed by atoms with Crippen molar-refractivity contribution < 1.29 is 23.4 Å². The second-order valence-electron chi connectivity index (χ2n) is 9.90. The van der Waals surface area contributed by atoms with Crippen molar-refractivity contribution >= 4 is 17.0 Å². The number of aromatic nitrogens is 2. The second-order valence-corrected chi connectivity index (χ2v) is 9.90. The third-order valence-corrected chi connectivity index (χ3v) is 7.83. The lowest BCUT2D eigenvalue weighted by Gasteiger charge is -2.40. The Morgan fingerprint density at radius 1 is 1.14 bits per heavy atom. The number of piperidine rings is 1. The van der Waals surface area contributed by atoms with Gasteiger partial charge < -0.3 is 19.7 Å². The minimum atomic E-state index is -0.694. The van der Waals surface area contributed by atoms with Crippen molar-refractivity contribution in [1.29, 1.82) is 0 Å². The number of methoxy groups -OCH3 is 1. The molecular formula is C27H31F2N3O3. The van der Waals surface area contributed by atoms with E-state index in [-0.39, 0.29) is 6.42 Å². The van der Waals surface area contributed by atoms with E-state index in [9.17, 15) is 13.6 Å². The molecule has 3 aromatic rings. The first-order valence-corrected chi connectivity index (χ1v) is 12.4. The number of H-pyrrole nitrogens is 1. The van der Waals surface area contributed by atoms with Gasteiger partial charge in [0.15, 0.2) is 0 Å². The maximum Gasteiger partial charge on any atom is 0.303 e. The van der Waals surface area contributed by atoms with Crippen LogP contribution < -0.4 is 4.74 Å². The number of benzene rings is 1. The number of halogens is 2. The zero-order valence-electron chi connectivity index (χ0n) is 19.9. The molecule has 3 heterocycles. The molecule has 0 bridgehead atoms. The lowest BCUT2D eigenvalue weighted by atomic mass is 9.82. The Morgan fingerprint density at radius 2 is 1.89 bits per heavy atom. The highest BCUT2D eigenvalue weighted by atomic mass is 19.1. The number of fused-ring (bicyclic) bond motifs is 1. The molecular weight excluding hydrogens is 452 g/mol. The largest absolute Gasteiger partial charge is 0.496 e. The monoisotopic (exact) mass is 483 g/mol. The molecule has 186 valence electrons. The highest BCUT2D eigenvalue weighted by Crippen LogP contribution is 2.40. The summed E-state index contributed by atoms with van der Waals surface area (Å²) in [6.07, 6.45) is 7.55. The van der Waals surface area contributed by atoms with Crippen molar-refractivity contribution in [1.82, 2.24) is 14.9 Å². The molecule has 0 spiro atoms. The summed E-state index contributed by atoms with van der Waals surface area (Å²) in [5.41, 5.74) is 2.28. The van der Waals surface area contributed by atoms with E-state index < -0.39 is 17.6 Å². The minimum absolute atomic E-state index is 0.285. The van der Waals surface area contributed by atoms with Crippen LogP contribution in [0.15, 0.2) is 30.5 Å². The Labute approximate surface area is 203 Å². The van der Waals surface area contributed by atoms with Crippen LogP contribution in [0.2, 0.25) is 0 Å². The lowest BCUT2D eigenvalue weighted by Crippen LogP contribution is -2.43. The highest BCUT2D eigenvalue weighted by Gasteiger charge is 2.31.